The average molecular weight is 345 g/mol. The molecule has 128 valence electrons. The second kappa shape index (κ2) is 8.65. The summed E-state index contributed by atoms with van der Waals surface area (Å²) in [6.07, 6.45) is 12.7. The van der Waals surface area contributed by atoms with Crippen molar-refractivity contribution < 1.29 is 4.39 Å². The lowest BCUT2D eigenvalue weighted by atomic mass is 9.68. The van der Waals surface area contributed by atoms with Crippen molar-refractivity contribution in [3.8, 4) is 0 Å². The van der Waals surface area contributed by atoms with Crippen molar-refractivity contribution in [3.05, 3.63) is 0 Å². The monoisotopic (exact) mass is 344 g/mol. The molecule has 1 heterocycles. The third-order valence-electron chi connectivity index (χ3n) is 6.55. The lowest BCUT2D eigenvalue weighted by molar-refractivity contribution is 0.136. The third kappa shape index (κ3) is 4.59. The van der Waals surface area contributed by atoms with Crippen LogP contribution in [0.2, 0.25) is 0 Å². The van der Waals surface area contributed by atoms with Gasteiger partial charge in [0, 0.05) is 0 Å². The first-order valence-electron chi connectivity index (χ1n) is 9.55. The summed E-state index contributed by atoms with van der Waals surface area (Å²) in [5.41, 5.74) is 0. The molecule has 0 radical (unpaired) electrons. The van der Waals surface area contributed by atoms with Crippen LogP contribution < -0.4 is 0 Å². The van der Waals surface area contributed by atoms with Crippen molar-refractivity contribution in [3.63, 3.8) is 0 Å². The van der Waals surface area contributed by atoms with E-state index < -0.39 is 0 Å². The van der Waals surface area contributed by atoms with Gasteiger partial charge in [-0.25, -0.2) is 0 Å². The molecular weight excluding hydrogens is 311 g/mol. The Kier molecular flexibility index (Phi) is 6.86. The Morgan fingerprint density at radius 2 is 1.18 bits per heavy atom. The van der Waals surface area contributed by atoms with Gasteiger partial charge >= 0.3 is 0 Å². The summed E-state index contributed by atoms with van der Waals surface area (Å²) in [4.78, 5) is 0. The highest BCUT2D eigenvalue weighted by atomic mass is 32.2. The normalized spacial score (nSPS) is 43.9. The van der Waals surface area contributed by atoms with Crippen LogP contribution in [0.25, 0.3) is 0 Å². The van der Waals surface area contributed by atoms with E-state index in [2.05, 4.69) is 6.92 Å². The van der Waals surface area contributed by atoms with Gasteiger partial charge in [0.15, 0.2) is 0 Å². The van der Waals surface area contributed by atoms with Gasteiger partial charge in [-0.05, 0) is 86.0 Å². The Balaban J connectivity index is 1.39. The van der Waals surface area contributed by atoms with E-state index in [0.29, 0.717) is 4.58 Å². The number of halogens is 1. The van der Waals surface area contributed by atoms with Gasteiger partial charge in [0.2, 0.25) is 0 Å². The summed E-state index contributed by atoms with van der Waals surface area (Å²) in [5.74, 6) is 7.58. The van der Waals surface area contributed by atoms with Gasteiger partial charge in [-0.1, -0.05) is 19.8 Å². The topological polar surface area (TPSA) is 0 Å². The van der Waals surface area contributed by atoms with Gasteiger partial charge in [0.1, 0.15) is 0 Å². The minimum absolute atomic E-state index is 0.138. The molecule has 22 heavy (non-hydrogen) atoms. The molecule has 0 spiro atoms. The molecule has 0 amide bonds. The zero-order valence-corrected chi connectivity index (χ0v) is 15.8. The first-order chi connectivity index (χ1) is 10.8. The zero-order chi connectivity index (χ0) is 15.4. The van der Waals surface area contributed by atoms with E-state index in [1.807, 2.05) is 23.5 Å². The van der Waals surface area contributed by atoms with Gasteiger partial charge in [0.25, 0.3) is 0 Å². The van der Waals surface area contributed by atoms with Crippen molar-refractivity contribution in [1.29, 1.82) is 0 Å². The van der Waals surface area contributed by atoms with Crippen LogP contribution in [0.4, 0.5) is 4.39 Å². The highest BCUT2D eigenvalue weighted by molar-refractivity contribution is 8.17. The maximum absolute atomic E-state index is 12.4. The smallest absolute Gasteiger partial charge is 0.0913 e. The van der Waals surface area contributed by atoms with Gasteiger partial charge in [0.05, 0.1) is 11.3 Å². The standard InChI is InChI=1S/C19H33FS2/c1-14-2-4-15(5-3-14)16-6-8-17(9-7-16)18-12-21-19(10-11-20)22-13-18/h14-19H,2-13H2,1H3. The maximum atomic E-state index is 12.4. The Bertz CT molecular complexity index is 311. The Morgan fingerprint density at radius 1 is 0.727 bits per heavy atom. The van der Waals surface area contributed by atoms with Crippen molar-refractivity contribution >= 4 is 23.5 Å². The lowest BCUT2D eigenvalue weighted by Gasteiger charge is -2.40. The van der Waals surface area contributed by atoms with Gasteiger partial charge in [-0.2, -0.15) is 0 Å². The number of rotatable bonds is 4. The van der Waals surface area contributed by atoms with Crippen molar-refractivity contribution in [2.45, 2.75) is 69.3 Å². The Labute approximate surface area is 145 Å². The van der Waals surface area contributed by atoms with Crippen molar-refractivity contribution in [1.82, 2.24) is 0 Å². The molecule has 1 aliphatic heterocycles. The van der Waals surface area contributed by atoms with Crippen LogP contribution in [0.1, 0.15) is 64.7 Å². The minimum atomic E-state index is -0.138. The molecule has 0 aromatic carbocycles. The van der Waals surface area contributed by atoms with Gasteiger partial charge in [-0.15, -0.1) is 23.5 Å². The second-order valence-electron chi connectivity index (χ2n) is 8.03. The highest BCUT2D eigenvalue weighted by Crippen LogP contribution is 2.46. The van der Waals surface area contributed by atoms with E-state index in [4.69, 9.17) is 0 Å². The SMILES string of the molecule is CC1CCC(C2CCC(C3CSC(CCF)SC3)CC2)CC1. The zero-order valence-electron chi connectivity index (χ0n) is 14.1. The predicted molar refractivity (Wildman–Crippen MR) is 99.4 cm³/mol. The molecule has 0 bridgehead atoms. The molecule has 2 saturated carbocycles. The molecule has 2 aliphatic carbocycles. The molecule has 0 nitrogen and oxygen atoms in total. The van der Waals surface area contributed by atoms with E-state index in [-0.39, 0.29) is 6.67 Å². The predicted octanol–water partition coefficient (Wildman–Crippen LogP) is 6.40. The summed E-state index contributed by atoms with van der Waals surface area (Å²) in [6.45, 7) is 2.29. The molecule has 3 aliphatic rings. The van der Waals surface area contributed by atoms with Crippen molar-refractivity contribution in [2.75, 3.05) is 18.2 Å². The summed E-state index contributed by atoms with van der Waals surface area (Å²) < 4.78 is 13.0. The van der Waals surface area contributed by atoms with Crippen LogP contribution in [0.15, 0.2) is 0 Å². The quantitative estimate of drug-likeness (QED) is 0.578. The number of thioether (sulfide) groups is 2. The number of hydrogen-bond acceptors (Lipinski definition) is 2. The highest BCUT2D eigenvalue weighted by Gasteiger charge is 2.34. The molecule has 0 unspecified atom stereocenters. The summed E-state index contributed by atoms with van der Waals surface area (Å²) in [5, 5.41) is 0. The fourth-order valence-electron chi connectivity index (χ4n) is 4.93. The van der Waals surface area contributed by atoms with Crippen LogP contribution in [-0.4, -0.2) is 22.8 Å². The molecular formula is C19H33FS2. The largest absolute Gasteiger partial charge is 0.251 e. The van der Waals surface area contributed by atoms with E-state index in [0.717, 1.165) is 36.0 Å². The molecule has 3 rings (SSSR count). The van der Waals surface area contributed by atoms with E-state index in [1.165, 1.54) is 62.9 Å². The van der Waals surface area contributed by atoms with E-state index in [1.54, 1.807) is 0 Å². The molecule has 0 N–H and O–H groups in total. The third-order valence-corrected chi connectivity index (χ3v) is 9.82. The minimum Gasteiger partial charge on any atom is -0.251 e. The number of alkyl halides is 1. The summed E-state index contributed by atoms with van der Waals surface area (Å²) in [7, 11) is 0. The molecule has 1 saturated heterocycles. The van der Waals surface area contributed by atoms with Crippen LogP contribution >= 0.6 is 23.5 Å². The fraction of sp³-hybridized carbons (Fsp3) is 1.00. The first-order valence-corrected chi connectivity index (χ1v) is 11.6. The molecule has 3 heteroatoms. The van der Waals surface area contributed by atoms with Crippen LogP contribution in [0.3, 0.4) is 0 Å². The average Bonchev–Trinajstić information content (AvgIpc) is 2.57. The van der Waals surface area contributed by atoms with Gasteiger partial charge in [-0.3, -0.25) is 4.39 Å². The molecule has 0 aromatic heterocycles. The fourth-order valence-corrected chi connectivity index (χ4v) is 8.15. The Hall–Kier alpha value is 0.630. The van der Waals surface area contributed by atoms with E-state index >= 15 is 0 Å². The van der Waals surface area contributed by atoms with Crippen LogP contribution in [0, 0.1) is 29.6 Å². The molecule has 0 atom stereocenters. The maximum Gasteiger partial charge on any atom is 0.0913 e. The molecule has 0 aromatic rings. The second-order valence-corrected chi connectivity index (χ2v) is 10.8. The first kappa shape index (κ1) is 17.5. The molecule has 3 fully saturated rings. The number of hydrogen-bond donors (Lipinski definition) is 0. The van der Waals surface area contributed by atoms with E-state index in [9.17, 15) is 4.39 Å². The van der Waals surface area contributed by atoms with Gasteiger partial charge < -0.3 is 0 Å². The summed E-state index contributed by atoms with van der Waals surface area (Å²) in [6, 6.07) is 0. The van der Waals surface area contributed by atoms with Crippen LogP contribution in [0.5, 0.6) is 0 Å². The summed E-state index contributed by atoms with van der Waals surface area (Å²) >= 11 is 4.08. The lowest BCUT2D eigenvalue weighted by Crippen LogP contribution is -2.31. The van der Waals surface area contributed by atoms with Crippen molar-refractivity contribution in [2.24, 2.45) is 29.6 Å². The Morgan fingerprint density at radius 3 is 1.68 bits per heavy atom. The van der Waals surface area contributed by atoms with Crippen LogP contribution in [-0.2, 0) is 0 Å².